The summed E-state index contributed by atoms with van der Waals surface area (Å²) >= 11 is 0. The van der Waals surface area contributed by atoms with Crippen LogP contribution in [0.2, 0.25) is 0 Å². The Bertz CT molecular complexity index is 24.1. The molecule has 0 saturated carbocycles. The first-order chi connectivity index (χ1) is 5.66. The van der Waals surface area contributed by atoms with Gasteiger partial charge in [-0.25, -0.2) is 0 Å². The van der Waals surface area contributed by atoms with E-state index in [1.54, 1.807) is 27.7 Å². The van der Waals surface area contributed by atoms with Gasteiger partial charge in [0.05, 0.1) is 0 Å². The molecule has 87 valence electrons. The first-order valence-electron chi connectivity index (χ1n) is 3.98. The van der Waals surface area contributed by atoms with Crippen molar-refractivity contribution in [3.05, 3.63) is 0 Å². The molecule has 0 aliphatic rings. The van der Waals surface area contributed by atoms with Crippen LogP contribution in [0.15, 0.2) is 0 Å². The molecule has 0 unspecified atom stereocenters. The molecule has 13 heavy (non-hydrogen) atoms. The number of hydrogen-bond acceptors (Lipinski definition) is 4. The number of hydrogen-bond donors (Lipinski definition) is 0. The summed E-state index contributed by atoms with van der Waals surface area (Å²) in [5.74, 6) is 0. The molecule has 0 aromatic heterocycles. The van der Waals surface area contributed by atoms with Gasteiger partial charge in [-0.2, -0.15) is 0 Å². The first-order valence-corrected chi connectivity index (χ1v) is 3.98. The van der Waals surface area contributed by atoms with Crippen LogP contribution in [0, 0.1) is 0 Å². The van der Waals surface area contributed by atoms with E-state index in [4.69, 9.17) is 20.4 Å². The summed E-state index contributed by atoms with van der Waals surface area (Å²) in [5.41, 5.74) is 0. The average Bonchev–Trinajstić information content (AvgIpc) is 1.92. The van der Waals surface area contributed by atoms with Crippen molar-refractivity contribution in [3.63, 3.8) is 0 Å². The zero-order chi connectivity index (χ0) is 10.8. The second-order valence-electron chi connectivity index (χ2n) is 1.15. The monoisotopic (exact) mass is 367 g/mol. The Morgan fingerprint density at radius 2 is 0.538 bits per heavy atom. The Kier molecular flexibility index (Phi) is 183. The van der Waals surface area contributed by atoms with Crippen molar-refractivity contribution in [3.8, 4) is 0 Å². The molecular formula is C8H20O4Re-4. The topological polar surface area (TPSA) is 92.2 Å². The van der Waals surface area contributed by atoms with Gasteiger partial charge in [-0.15, -0.1) is 26.4 Å². The third-order valence-corrected chi connectivity index (χ3v) is 0. The van der Waals surface area contributed by atoms with Crippen molar-refractivity contribution in [2.45, 2.75) is 27.7 Å². The molecule has 0 spiro atoms. The van der Waals surface area contributed by atoms with Crippen LogP contribution < -0.4 is 20.4 Å². The molecule has 0 N–H and O–H groups in total. The van der Waals surface area contributed by atoms with Crippen LogP contribution in [0.25, 0.3) is 0 Å². The van der Waals surface area contributed by atoms with Gasteiger partial charge in [-0.1, -0.05) is 27.7 Å². The Morgan fingerprint density at radius 1 is 0.538 bits per heavy atom. The molecule has 4 nitrogen and oxygen atoms in total. The van der Waals surface area contributed by atoms with Gasteiger partial charge in [-0.3, -0.25) is 0 Å². The zero-order valence-corrected chi connectivity index (χ0v) is 11.6. The van der Waals surface area contributed by atoms with Gasteiger partial charge >= 0.3 is 0 Å². The van der Waals surface area contributed by atoms with E-state index in [1.807, 2.05) is 0 Å². The molecule has 0 aliphatic heterocycles. The SMILES string of the molecule is CC[O-].CC[O-].CC[O-].CC[O-].[Re]. The Balaban J connectivity index is -0.0000000213. The molecule has 1 radical (unpaired) electrons. The first kappa shape index (κ1) is 29.2. The minimum atomic E-state index is 0. The van der Waals surface area contributed by atoms with Crippen LogP contribution in [-0.4, -0.2) is 26.4 Å². The second kappa shape index (κ2) is 81.6. The van der Waals surface area contributed by atoms with E-state index in [0.717, 1.165) is 0 Å². The third kappa shape index (κ3) is 5460. The smallest absolute Gasteiger partial charge is 0 e. The van der Waals surface area contributed by atoms with Gasteiger partial charge in [0, 0.05) is 20.4 Å². The molecule has 0 atom stereocenters. The normalized spacial score (nSPS) is 5.54. The van der Waals surface area contributed by atoms with Crippen molar-refractivity contribution >= 4 is 0 Å². The van der Waals surface area contributed by atoms with Crippen molar-refractivity contribution in [1.82, 2.24) is 0 Å². The van der Waals surface area contributed by atoms with Crippen LogP contribution in [0.4, 0.5) is 0 Å². The fourth-order valence-electron chi connectivity index (χ4n) is 0. The maximum atomic E-state index is 8.93. The number of rotatable bonds is 0. The van der Waals surface area contributed by atoms with Gasteiger partial charge < -0.3 is 20.4 Å². The summed E-state index contributed by atoms with van der Waals surface area (Å²) in [5, 5.41) is 35.7. The van der Waals surface area contributed by atoms with E-state index < -0.39 is 0 Å². The molecule has 0 fully saturated rings. The van der Waals surface area contributed by atoms with Crippen LogP contribution in [-0.2, 0) is 20.4 Å². The van der Waals surface area contributed by atoms with E-state index in [2.05, 4.69) is 0 Å². The summed E-state index contributed by atoms with van der Waals surface area (Å²) in [6.45, 7) is 6.28. The summed E-state index contributed by atoms with van der Waals surface area (Å²) < 4.78 is 0. The van der Waals surface area contributed by atoms with E-state index in [9.17, 15) is 0 Å². The van der Waals surface area contributed by atoms with Crippen LogP contribution in [0.3, 0.4) is 0 Å². The van der Waals surface area contributed by atoms with E-state index >= 15 is 0 Å². The van der Waals surface area contributed by atoms with Crippen molar-refractivity contribution in [2.24, 2.45) is 0 Å². The molecule has 0 aromatic rings. The Labute approximate surface area is 95.3 Å². The van der Waals surface area contributed by atoms with Crippen molar-refractivity contribution in [2.75, 3.05) is 26.4 Å². The largest absolute Gasteiger partial charge is 0.855 e. The minimum Gasteiger partial charge on any atom is -0.855 e. The molecule has 5 heteroatoms. The molecule has 0 rings (SSSR count). The zero-order valence-electron chi connectivity index (χ0n) is 8.84. The Hall–Kier alpha value is 0.502. The van der Waals surface area contributed by atoms with E-state index in [0.29, 0.717) is 0 Å². The van der Waals surface area contributed by atoms with Crippen molar-refractivity contribution < 1.29 is 40.8 Å². The third-order valence-electron chi connectivity index (χ3n) is 0. The molecule has 0 bridgehead atoms. The fourth-order valence-corrected chi connectivity index (χ4v) is 0. The summed E-state index contributed by atoms with van der Waals surface area (Å²) in [6.07, 6.45) is 0. The maximum absolute atomic E-state index is 8.93. The van der Waals surface area contributed by atoms with Crippen LogP contribution >= 0.6 is 0 Å². The Morgan fingerprint density at radius 3 is 0.538 bits per heavy atom. The molecule has 0 saturated heterocycles. The fraction of sp³-hybridized carbons (Fsp3) is 1.00. The molecule has 0 aliphatic carbocycles. The van der Waals surface area contributed by atoms with Crippen molar-refractivity contribution in [1.29, 1.82) is 0 Å². The second-order valence-corrected chi connectivity index (χ2v) is 1.15. The maximum Gasteiger partial charge on any atom is 0 e. The van der Waals surface area contributed by atoms with Crippen LogP contribution in [0.1, 0.15) is 27.7 Å². The van der Waals surface area contributed by atoms with E-state index in [1.165, 1.54) is 0 Å². The molecule has 0 heterocycles. The molecule has 0 aromatic carbocycles. The quantitative estimate of drug-likeness (QED) is 0.472. The van der Waals surface area contributed by atoms with Gasteiger partial charge in [0.2, 0.25) is 0 Å². The summed E-state index contributed by atoms with van der Waals surface area (Å²) in [4.78, 5) is 0. The predicted octanol–water partition coefficient (Wildman–Crippen LogP) is -2.54. The van der Waals surface area contributed by atoms with Gasteiger partial charge in [0.15, 0.2) is 0 Å². The van der Waals surface area contributed by atoms with Gasteiger partial charge in [-0.05, 0) is 0 Å². The average molecular weight is 366 g/mol. The molecular weight excluding hydrogens is 346 g/mol. The van der Waals surface area contributed by atoms with Crippen LogP contribution in [0.5, 0.6) is 0 Å². The molecule has 0 amide bonds. The van der Waals surface area contributed by atoms with Gasteiger partial charge in [0.1, 0.15) is 0 Å². The van der Waals surface area contributed by atoms with E-state index in [-0.39, 0.29) is 46.9 Å². The summed E-state index contributed by atoms with van der Waals surface area (Å²) in [7, 11) is 0. The van der Waals surface area contributed by atoms with Gasteiger partial charge in [0.25, 0.3) is 0 Å². The standard InChI is InChI=1S/4C2H5O.Re/c4*1-2-3;/h4*2H2,1H3;/q4*-1;. The predicted molar refractivity (Wildman–Crippen MR) is 42.2 cm³/mol. The minimum absolute atomic E-state index is 0. The summed E-state index contributed by atoms with van der Waals surface area (Å²) in [6, 6.07) is 0.